The molecule has 0 radical (unpaired) electrons. The van der Waals surface area contributed by atoms with Gasteiger partial charge in [-0.3, -0.25) is 0 Å². The van der Waals surface area contributed by atoms with Gasteiger partial charge in [0.05, 0.1) is 11.3 Å². The molecule has 1 heterocycles. The molecule has 0 unspecified atom stereocenters. The minimum atomic E-state index is 0.176. The van der Waals surface area contributed by atoms with Crippen LogP contribution in [0.4, 0.5) is 5.69 Å². The first-order valence-corrected chi connectivity index (χ1v) is 5.82. The maximum Gasteiger partial charge on any atom is 0.218 e. The molecule has 1 aromatic carbocycles. The first-order valence-electron chi connectivity index (χ1n) is 5.82. The van der Waals surface area contributed by atoms with E-state index in [1.54, 1.807) is 0 Å². The second-order valence-corrected chi connectivity index (χ2v) is 5.62. The monoisotopic (exact) mass is 217 g/mol. The molecule has 2 heteroatoms. The fraction of sp³-hybridized carbons (Fsp3) is 0.500. The van der Waals surface area contributed by atoms with E-state index in [9.17, 15) is 0 Å². The predicted molar refractivity (Wildman–Crippen MR) is 69.6 cm³/mol. The van der Waals surface area contributed by atoms with Crippen molar-refractivity contribution in [1.82, 2.24) is 0 Å². The third kappa shape index (κ3) is 1.84. The highest BCUT2D eigenvalue weighted by Crippen LogP contribution is 2.26. The van der Waals surface area contributed by atoms with Crippen LogP contribution in [0.25, 0.3) is 0 Å². The van der Waals surface area contributed by atoms with Crippen molar-refractivity contribution >= 4 is 11.9 Å². The van der Waals surface area contributed by atoms with Gasteiger partial charge in [0.2, 0.25) is 6.67 Å². The van der Waals surface area contributed by atoms with Crippen molar-refractivity contribution < 1.29 is 4.58 Å². The van der Waals surface area contributed by atoms with Crippen LogP contribution in [-0.4, -0.2) is 30.0 Å². The van der Waals surface area contributed by atoms with Gasteiger partial charge in [0, 0.05) is 7.05 Å². The number of hydrogen-bond donors (Lipinski definition) is 0. The molecular weight excluding hydrogens is 196 g/mol. The highest BCUT2D eigenvalue weighted by molar-refractivity contribution is 5.87. The molecule has 16 heavy (non-hydrogen) atoms. The summed E-state index contributed by atoms with van der Waals surface area (Å²) < 4.78 is 2.38. The largest absolute Gasteiger partial charge is 0.319 e. The fourth-order valence-corrected chi connectivity index (χ4v) is 2.22. The van der Waals surface area contributed by atoms with Gasteiger partial charge in [-0.25, -0.2) is 4.58 Å². The van der Waals surface area contributed by atoms with Gasteiger partial charge in [-0.05, 0) is 39.3 Å². The Morgan fingerprint density at radius 3 is 2.56 bits per heavy atom. The van der Waals surface area contributed by atoms with E-state index in [0.717, 1.165) is 6.67 Å². The lowest BCUT2D eigenvalue weighted by Crippen LogP contribution is -2.44. The Bertz CT molecular complexity index is 439. The van der Waals surface area contributed by atoms with Crippen molar-refractivity contribution in [2.75, 3.05) is 18.6 Å². The molecule has 86 valence electrons. The Morgan fingerprint density at radius 2 is 1.94 bits per heavy atom. The molecule has 2 rings (SSSR count). The smallest absolute Gasteiger partial charge is 0.218 e. The summed E-state index contributed by atoms with van der Waals surface area (Å²) in [7, 11) is 2.16. The van der Waals surface area contributed by atoms with Crippen LogP contribution in [0.5, 0.6) is 0 Å². The number of anilines is 1. The second-order valence-electron chi connectivity index (χ2n) is 5.62. The molecule has 0 fully saturated rings. The van der Waals surface area contributed by atoms with Gasteiger partial charge in [0.1, 0.15) is 0 Å². The zero-order valence-corrected chi connectivity index (χ0v) is 10.9. The molecule has 0 aliphatic carbocycles. The molecule has 2 nitrogen and oxygen atoms in total. The molecule has 0 atom stereocenters. The summed E-state index contributed by atoms with van der Waals surface area (Å²) in [6.07, 6.45) is 2.28. The Kier molecular flexibility index (Phi) is 2.53. The highest BCUT2D eigenvalue weighted by atomic mass is 15.3. The predicted octanol–water partition coefficient (Wildman–Crippen LogP) is 2.63. The summed E-state index contributed by atoms with van der Waals surface area (Å²) in [5.41, 5.74) is 4.21. The summed E-state index contributed by atoms with van der Waals surface area (Å²) in [6, 6.07) is 6.50. The summed E-state index contributed by atoms with van der Waals surface area (Å²) >= 11 is 0. The minimum absolute atomic E-state index is 0.176. The third-order valence-corrected chi connectivity index (χ3v) is 3.17. The van der Waals surface area contributed by atoms with Gasteiger partial charge in [-0.15, -0.1) is 0 Å². The van der Waals surface area contributed by atoms with E-state index in [4.69, 9.17) is 0 Å². The van der Waals surface area contributed by atoms with E-state index in [0.29, 0.717) is 0 Å². The van der Waals surface area contributed by atoms with Gasteiger partial charge >= 0.3 is 0 Å². The Balaban J connectivity index is 2.54. The van der Waals surface area contributed by atoms with Crippen molar-refractivity contribution in [2.24, 2.45) is 0 Å². The quantitative estimate of drug-likeness (QED) is 0.605. The number of nitrogens with zero attached hydrogens (tertiary/aromatic N) is 2. The van der Waals surface area contributed by atoms with Crippen LogP contribution in [0, 0.1) is 6.92 Å². The van der Waals surface area contributed by atoms with E-state index in [2.05, 4.69) is 68.6 Å². The van der Waals surface area contributed by atoms with Gasteiger partial charge in [-0.2, -0.15) is 0 Å². The van der Waals surface area contributed by atoms with E-state index in [-0.39, 0.29) is 5.54 Å². The maximum atomic E-state index is 2.38. The van der Waals surface area contributed by atoms with Crippen molar-refractivity contribution in [3.63, 3.8) is 0 Å². The number of para-hydroxylation sites is 1. The summed E-state index contributed by atoms with van der Waals surface area (Å²) in [6.45, 7) is 9.88. The molecule has 0 aromatic heterocycles. The second kappa shape index (κ2) is 3.62. The number of fused-ring (bicyclic) bond motifs is 1. The van der Waals surface area contributed by atoms with Gasteiger partial charge in [-0.1, -0.05) is 12.1 Å². The lowest BCUT2D eigenvalue weighted by atomic mass is 10.0. The molecule has 0 saturated carbocycles. The zero-order chi connectivity index (χ0) is 11.9. The van der Waals surface area contributed by atoms with E-state index < -0.39 is 0 Å². The minimum Gasteiger partial charge on any atom is -0.319 e. The van der Waals surface area contributed by atoms with Crippen molar-refractivity contribution in [2.45, 2.75) is 33.2 Å². The lowest BCUT2D eigenvalue weighted by Gasteiger charge is -2.30. The normalized spacial score (nSPS) is 15.8. The van der Waals surface area contributed by atoms with Crippen molar-refractivity contribution in [3.8, 4) is 0 Å². The van der Waals surface area contributed by atoms with E-state index >= 15 is 0 Å². The molecule has 0 saturated heterocycles. The van der Waals surface area contributed by atoms with Crippen LogP contribution in [0.1, 0.15) is 31.9 Å². The van der Waals surface area contributed by atoms with E-state index in [1.807, 2.05) is 0 Å². The molecule has 0 N–H and O–H groups in total. The summed E-state index contributed by atoms with van der Waals surface area (Å²) in [5, 5.41) is 0. The first kappa shape index (κ1) is 11.2. The van der Waals surface area contributed by atoms with Crippen LogP contribution in [-0.2, 0) is 0 Å². The standard InChI is InChI=1S/C14H21N2/c1-11-7-6-8-12-9-16(14(2,3)4)10-15(5)13(11)12/h6-9H,10H2,1-5H3/q+1. The lowest BCUT2D eigenvalue weighted by molar-refractivity contribution is -0.592. The summed E-state index contributed by atoms with van der Waals surface area (Å²) in [5.74, 6) is 0. The van der Waals surface area contributed by atoms with Crippen LogP contribution in [0.3, 0.4) is 0 Å². The Labute approximate surface area is 98.2 Å². The van der Waals surface area contributed by atoms with Crippen LogP contribution in [0.15, 0.2) is 18.2 Å². The van der Waals surface area contributed by atoms with E-state index in [1.165, 1.54) is 16.8 Å². The number of hydrogen-bond acceptors (Lipinski definition) is 1. The summed E-state index contributed by atoms with van der Waals surface area (Å²) in [4.78, 5) is 2.33. The average Bonchev–Trinajstić information content (AvgIpc) is 2.15. The van der Waals surface area contributed by atoms with Crippen LogP contribution >= 0.6 is 0 Å². The fourth-order valence-electron chi connectivity index (χ4n) is 2.22. The van der Waals surface area contributed by atoms with Crippen molar-refractivity contribution in [3.05, 3.63) is 29.3 Å². The molecular formula is C14H21N2+. The van der Waals surface area contributed by atoms with Crippen LogP contribution in [0.2, 0.25) is 0 Å². The molecule has 0 bridgehead atoms. The SMILES string of the molecule is Cc1cccc2c1N(C)C[N+](C(C)(C)C)=C2. The zero-order valence-electron chi connectivity index (χ0n) is 10.9. The molecule has 1 aliphatic heterocycles. The maximum absolute atomic E-state index is 2.38. The molecule has 1 aromatic rings. The molecule has 0 spiro atoms. The van der Waals surface area contributed by atoms with Crippen molar-refractivity contribution in [1.29, 1.82) is 0 Å². The first-order chi connectivity index (χ1) is 7.39. The molecule has 1 aliphatic rings. The average molecular weight is 217 g/mol. The van der Waals surface area contributed by atoms with Gasteiger partial charge in [0.15, 0.2) is 11.8 Å². The number of aryl methyl sites for hydroxylation is 1. The van der Waals surface area contributed by atoms with Gasteiger partial charge in [0.25, 0.3) is 0 Å². The number of benzene rings is 1. The Morgan fingerprint density at radius 1 is 1.25 bits per heavy atom. The third-order valence-electron chi connectivity index (χ3n) is 3.17. The number of rotatable bonds is 0. The topological polar surface area (TPSA) is 6.25 Å². The van der Waals surface area contributed by atoms with Crippen LogP contribution < -0.4 is 4.90 Å². The Hall–Kier alpha value is -1.31. The molecule has 0 amide bonds. The van der Waals surface area contributed by atoms with Gasteiger partial charge < -0.3 is 4.90 Å². The highest BCUT2D eigenvalue weighted by Gasteiger charge is 2.29.